The molecule has 2 aliphatic heterocycles. The van der Waals surface area contributed by atoms with Crippen molar-refractivity contribution in [3.63, 3.8) is 0 Å². The lowest BCUT2D eigenvalue weighted by molar-refractivity contribution is 0.381. The van der Waals surface area contributed by atoms with Gasteiger partial charge in [0.25, 0.3) is 0 Å². The maximum Gasteiger partial charge on any atom is 0.130 e. The van der Waals surface area contributed by atoms with E-state index in [0.29, 0.717) is 6.54 Å². The number of nitrogens with zero attached hydrogens (tertiary/aromatic N) is 3. The number of hydrogen-bond donors (Lipinski definition) is 2. The third kappa shape index (κ3) is 3.34. The molecule has 2 N–H and O–H groups in total. The fraction of sp³-hybridized carbons (Fsp3) is 0.250. The number of H-pyrrole nitrogens is 1. The molecule has 0 radical (unpaired) electrons. The van der Waals surface area contributed by atoms with Crippen molar-refractivity contribution in [2.45, 2.75) is 19.4 Å². The number of methoxy groups -OCH3 is 1. The molecule has 3 heterocycles. The number of hydrogen-bond acceptors (Lipinski definition) is 5. The lowest BCUT2D eigenvalue weighted by Gasteiger charge is -2.28. The third-order valence-corrected chi connectivity index (χ3v) is 5.70. The van der Waals surface area contributed by atoms with Gasteiger partial charge in [-0.05, 0) is 25.5 Å². The Labute approximate surface area is 176 Å². The number of nitrogens with one attached hydrogen (secondary N) is 2. The molecule has 3 aromatic rings. The summed E-state index contributed by atoms with van der Waals surface area (Å²) in [5, 5.41) is 3.39. The minimum Gasteiger partial charge on any atom is -0.497 e. The zero-order valence-corrected chi connectivity index (χ0v) is 17.3. The van der Waals surface area contributed by atoms with E-state index in [9.17, 15) is 0 Å². The van der Waals surface area contributed by atoms with Crippen LogP contribution in [0.4, 0.5) is 0 Å². The molecule has 0 aliphatic carbocycles. The Morgan fingerprint density at radius 3 is 2.80 bits per heavy atom. The van der Waals surface area contributed by atoms with Crippen molar-refractivity contribution in [3.8, 4) is 5.75 Å². The molecule has 1 atom stereocenters. The molecule has 2 aliphatic rings. The number of amidine groups is 1. The Balaban J connectivity index is 1.47. The fourth-order valence-corrected chi connectivity index (χ4v) is 4.10. The molecule has 6 heteroatoms. The molecule has 2 aromatic carbocycles. The summed E-state index contributed by atoms with van der Waals surface area (Å²) in [6.45, 7) is 7.81. The quantitative estimate of drug-likeness (QED) is 0.649. The van der Waals surface area contributed by atoms with Crippen LogP contribution in [0.15, 0.2) is 65.8 Å². The second-order valence-corrected chi connectivity index (χ2v) is 7.91. The van der Waals surface area contributed by atoms with Crippen molar-refractivity contribution in [1.29, 1.82) is 0 Å². The van der Waals surface area contributed by atoms with Crippen molar-refractivity contribution in [2.75, 3.05) is 20.2 Å². The highest BCUT2D eigenvalue weighted by Gasteiger charge is 2.33. The number of fused-ring (bicyclic) bond motifs is 1. The van der Waals surface area contributed by atoms with E-state index in [0.717, 1.165) is 52.7 Å². The van der Waals surface area contributed by atoms with Crippen LogP contribution in [0.25, 0.3) is 16.7 Å². The van der Waals surface area contributed by atoms with Crippen molar-refractivity contribution in [3.05, 3.63) is 77.8 Å². The zero-order chi connectivity index (χ0) is 20.7. The topological polar surface area (TPSA) is 65.5 Å². The minimum absolute atomic E-state index is 0.0915. The number of imidazole rings is 1. The number of benzene rings is 2. The van der Waals surface area contributed by atoms with Gasteiger partial charge in [-0.15, -0.1) is 0 Å². The summed E-state index contributed by atoms with van der Waals surface area (Å²) in [5.41, 5.74) is 6.40. The summed E-state index contributed by atoms with van der Waals surface area (Å²) in [5.74, 6) is 2.76. The lowest BCUT2D eigenvalue weighted by Crippen LogP contribution is -2.38. The first-order valence-electron chi connectivity index (χ1n) is 10.2. The van der Waals surface area contributed by atoms with E-state index in [4.69, 9.17) is 14.7 Å². The summed E-state index contributed by atoms with van der Waals surface area (Å²) in [4.78, 5) is 15.6. The number of ether oxygens (including phenoxy) is 1. The average molecular weight is 399 g/mol. The highest BCUT2D eigenvalue weighted by molar-refractivity contribution is 5.92. The molecule has 0 saturated carbocycles. The molecule has 0 bridgehead atoms. The molecule has 0 unspecified atom stereocenters. The lowest BCUT2D eigenvalue weighted by atomic mass is 10.1. The van der Waals surface area contributed by atoms with Crippen molar-refractivity contribution in [1.82, 2.24) is 20.2 Å². The van der Waals surface area contributed by atoms with E-state index >= 15 is 0 Å². The van der Waals surface area contributed by atoms with Gasteiger partial charge in [-0.2, -0.15) is 0 Å². The Morgan fingerprint density at radius 1 is 1.17 bits per heavy atom. The molecule has 6 nitrogen and oxygen atoms in total. The molecular weight excluding hydrogens is 374 g/mol. The largest absolute Gasteiger partial charge is 0.497 e. The number of aromatic nitrogens is 2. The van der Waals surface area contributed by atoms with Crippen molar-refractivity contribution < 1.29 is 4.74 Å². The van der Waals surface area contributed by atoms with Crippen LogP contribution in [0.5, 0.6) is 5.75 Å². The van der Waals surface area contributed by atoms with Crippen molar-refractivity contribution in [2.24, 2.45) is 4.99 Å². The van der Waals surface area contributed by atoms with Gasteiger partial charge >= 0.3 is 0 Å². The monoisotopic (exact) mass is 399 g/mol. The van der Waals surface area contributed by atoms with E-state index in [1.54, 1.807) is 7.11 Å². The maximum absolute atomic E-state index is 5.35. The SMILES string of the molecule is C=C1C[C@@H](c2nc3ccc(OC)cc3[nH]2)N(C2=NC(c3ccc(C)cc3)=CNC2)C1. The summed E-state index contributed by atoms with van der Waals surface area (Å²) < 4.78 is 5.35. The van der Waals surface area contributed by atoms with Crippen LogP contribution in [0.2, 0.25) is 0 Å². The minimum atomic E-state index is 0.0915. The van der Waals surface area contributed by atoms with Gasteiger partial charge in [0.2, 0.25) is 0 Å². The molecule has 1 fully saturated rings. The van der Waals surface area contributed by atoms with E-state index in [2.05, 4.69) is 53.0 Å². The molecule has 0 spiro atoms. The first-order chi connectivity index (χ1) is 14.6. The number of rotatable bonds is 3. The van der Waals surface area contributed by atoms with Gasteiger partial charge in [0.05, 0.1) is 36.4 Å². The third-order valence-electron chi connectivity index (χ3n) is 5.70. The van der Waals surface area contributed by atoms with Crippen LogP contribution in [-0.4, -0.2) is 40.9 Å². The van der Waals surface area contributed by atoms with Gasteiger partial charge < -0.3 is 19.9 Å². The van der Waals surface area contributed by atoms with Crippen molar-refractivity contribution >= 4 is 22.6 Å². The van der Waals surface area contributed by atoms with E-state index in [-0.39, 0.29) is 6.04 Å². The van der Waals surface area contributed by atoms with Crippen LogP contribution in [0.1, 0.15) is 29.4 Å². The fourth-order valence-electron chi connectivity index (χ4n) is 4.10. The first kappa shape index (κ1) is 18.5. The van der Waals surface area contributed by atoms with E-state index < -0.39 is 0 Å². The number of aliphatic imine (C=N–C) groups is 1. The molecule has 1 saturated heterocycles. The smallest absolute Gasteiger partial charge is 0.130 e. The number of aryl methyl sites for hydroxylation is 1. The zero-order valence-electron chi connectivity index (χ0n) is 17.3. The highest BCUT2D eigenvalue weighted by Crippen LogP contribution is 2.35. The van der Waals surface area contributed by atoms with Crippen LogP contribution in [-0.2, 0) is 0 Å². The second kappa shape index (κ2) is 7.37. The average Bonchev–Trinajstić information content (AvgIpc) is 3.37. The molecule has 1 aromatic heterocycles. The molecule has 0 amide bonds. The molecule has 5 rings (SSSR count). The Hall–Kier alpha value is -3.54. The molecule has 30 heavy (non-hydrogen) atoms. The van der Waals surface area contributed by atoms with Gasteiger partial charge in [-0.25, -0.2) is 9.98 Å². The number of aromatic amines is 1. The predicted molar refractivity (Wildman–Crippen MR) is 120 cm³/mol. The van der Waals surface area contributed by atoms with E-state index in [1.807, 2.05) is 24.4 Å². The highest BCUT2D eigenvalue weighted by atomic mass is 16.5. The number of likely N-dealkylation sites (tertiary alicyclic amines) is 1. The van der Waals surface area contributed by atoms with Gasteiger partial charge in [0, 0.05) is 24.4 Å². The van der Waals surface area contributed by atoms with Gasteiger partial charge in [0.1, 0.15) is 17.4 Å². The standard InChI is InChI=1S/C24H25N5O/c1-15-4-6-17(7-5-15)21-12-25-13-23(26-21)29-14-16(2)10-22(29)24-27-19-9-8-18(30-3)11-20(19)28-24/h4-9,11-12,22,25H,2,10,13-14H2,1,3H3,(H,27,28)/t22-/m0/s1. The first-order valence-corrected chi connectivity index (χ1v) is 10.2. The normalized spacial score (nSPS) is 18.9. The van der Waals surface area contributed by atoms with Crippen LogP contribution < -0.4 is 10.1 Å². The summed E-state index contributed by atoms with van der Waals surface area (Å²) in [6, 6.07) is 14.5. The maximum atomic E-state index is 5.35. The van der Waals surface area contributed by atoms with Crippen LogP contribution in [0, 0.1) is 6.92 Å². The van der Waals surface area contributed by atoms with Gasteiger partial charge in [-0.1, -0.05) is 42.0 Å². The van der Waals surface area contributed by atoms with E-state index in [1.165, 1.54) is 11.1 Å². The summed E-state index contributed by atoms with van der Waals surface area (Å²) >= 11 is 0. The van der Waals surface area contributed by atoms with Gasteiger partial charge in [-0.3, -0.25) is 0 Å². The second-order valence-electron chi connectivity index (χ2n) is 7.91. The Kier molecular flexibility index (Phi) is 4.54. The van der Waals surface area contributed by atoms with Crippen LogP contribution >= 0.6 is 0 Å². The predicted octanol–water partition coefficient (Wildman–Crippen LogP) is 4.18. The Morgan fingerprint density at radius 2 is 2.00 bits per heavy atom. The molecule has 152 valence electrons. The summed E-state index contributed by atoms with van der Waals surface area (Å²) in [6.07, 6.45) is 2.85. The molecular formula is C24H25N5O. The van der Waals surface area contributed by atoms with Gasteiger partial charge in [0.15, 0.2) is 0 Å². The Bertz CT molecular complexity index is 1170. The summed E-state index contributed by atoms with van der Waals surface area (Å²) in [7, 11) is 1.68. The van der Waals surface area contributed by atoms with Crippen LogP contribution in [0.3, 0.4) is 0 Å².